The summed E-state index contributed by atoms with van der Waals surface area (Å²) in [5, 5.41) is 0. The van der Waals surface area contributed by atoms with Gasteiger partial charge in [-0.1, -0.05) is 18.2 Å². The van der Waals surface area contributed by atoms with Crippen molar-refractivity contribution in [3.8, 4) is 0 Å². The van der Waals surface area contributed by atoms with E-state index >= 15 is 0 Å². The van der Waals surface area contributed by atoms with Gasteiger partial charge in [0.05, 0.1) is 0 Å². The summed E-state index contributed by atoms with van der Waals surface area (Å²) in [6, 6.07) is 7.55. The standard InChI is InChI=1S/C14H17F3N2/c1-10(11-2-4-13(18)5-3-11)19-8-6-12(7-9-19)14(15,16)17/h2-6,10H,7-9,18H2,1H3. The normalized spacial score (nSPS) is 19.1. The van der Waals surface area contributed by atoms with E-state index in [1.807, 2.05) is 36.1 Å². The number of halogens is 3. The third-order valence-corrected chi connectivity index (χ3v) is 3.57. The molecule has 0 radical (unpaired) electrons. The Bertz CT molecular complexity index is 463. The molecule has 0 fully saturated rings. The first kappa shape index (κ1) is 13.9. The quantitative estimate of drug-likeness (QED) is 0.658. The van der Waals surface area contributed by atoms with Crippen molar-refractivity contribution in [2.24, 2.45) is 0 Å². The lowest BCUT2D eigenvalue weighted by Gasteiger charge is -2.32. The molecule has 2 nitrogen and oxygen atoms in total. The fourth-order valence-electron chi connectivity index (χ4n) is 2.28. The van der Waals surface area contributed by atoms with Gasteiger partial charge in [0.2, 0.25) is 0 Å². The number of alkyl halides is 3. The lowest BCUT2D eigenvalue weighted by Crippen LogP contribution is -2.33. The van der Waals surface area contributed by atoms with Crippen molar-refractivity contribution in [1.29, 1.82) is 0 Å². The lowest BCUT2D eigenvalue weighted by molar-refractivity contribution is -0.0963. The van der Waals surface area contributed by atoms with E-state index in [1.54, 1.807) is 0 Å². The van der Waals surface area contributed by atoms with Crippen molar-refractivity contribution in [2.75, 3.05) is 18.8 Å². The maximum absolute atomic E-state index is 12.5. The number of nitrogen functional groups attached to an aromatic ring is 1. The molecule has 1 aliphatic rings. The summed E-state index contributed by atoms with van der Waals surface area (Å²) in [7, 11) is 0. The van der Waals surface area contributed by atoms with Gasteiger partial charge in [0.25, 0.3) is 0 Å². The molecular weight excluding hydrogens is 253 g/mol. The number of nitrogens with zero attached hydrogens (tertiary/aromatic N) is 1. The second-order valence-corrected chi connectivity index (χ2v) is 4.81. The fourth-order valence-corrected chi connectivity index (χ4v) is 2.28. The van der Waals surface area contributed by atoms with E-state index < -0.39 is 11.7 Å². The van der Waals surface area contributed by atoms with E-state index in [1.165, 1.54) is 6.08 Å². The molecule has 0 bridgehead atoms. The van der Waals surface area contributed by atoms with Crippen LogP contribution in [0.2, 0.25) is 0 Å². The monoisotopic (exact) mass is 270 g/mol. The third-order valence-electron chi connectivity index (χ3n) is 3.57. The smallest absolute Gasteiger partial charge is 0.399 e. The Morgan fingerprint density at radius 1 is 1.21 bits per heavy atom. The third kappa shape index (κ3) is 3.29. The molecule has 2 rings (SSSR count). The van der Waals surface area contributed by atoms with Crippen LogP contribution >= 0.6 is 0 Å². The maximum Gasteiger partial charge on any atom is 0.412 e. The molecule has 5 heteroatoms. The Hall–Kier alpha value is -1.49. The second kappa shape index (κ2) is 5.25. The highest BCUT2D eigenvalue weighted by atomic mass is 19.4. The second-order valence-electron chi connectivity index (χ2n) is 4.81. The van der Waals surface area contributed by atoms with Crippen molar-refractivity contribution in [2.45, 2.75) is 25.6 Å². The van der Waals surface area contributed by atoms with Crippen molar-refractivity contribution in [3.63, 3.8) is 0 Å². The highest BCUT2D eigenvalue weighted by molar-refractivity contribution is 5.40. The molecule has 0 aliphatic carbocycles. The molecule has 0 amide bonds. The molecule has 0 spiro atoms. The van der Waals surface area contributed by atoms with Gasteiger partial charge in [0.15, 0.2) is 0 Å². The summed E-state index contributed by atoms with van der Waals surface area (Å²) < 4.78 is 37.6. The summed E-state index contributed by atoms with van der Waals surface area (Å²) in [6.07, 6.45) is -2.84. The number of hydrogen-bond acceptors (Lipinski definition) is 2. The predicted molar refractivity (Wildman–Crippen MR) is 69.6 cm³/mol. The Balaban J connectivity index is 2.05. The molecule has 2 N–H and O–H groups in total. The van der Waals surface area contributed by atoms with Crippen LogP contribution in [0.3, 0.4) is 0 Å². The molecule has 0 saturated carbocycles. The lowest BCUT2D eigenvalue weighted by atomic mass is 10.0. The Kier molecular flexibility index (Phi) is 3.85. The van der Waals surface area contributed by atoms with Crippen LogP contribution in [0.25, 0.3) is 0 Å². The Morgan fingerprint density at radius 3 is 2.32 bits per heavy atom. The van der Waals surface area contributed by atoms with Gasteiger partial charge >= 0.3 is 6.18 Å². The van der Waals surface area contributed by atoms with Gasteiger partial charge < -0.3 is 5.73 Å². The average molecular weight is 270 g/mol. The van der Waals surface area contributed by atoms with Gasteiger partial charge in [-0.2, -0.15) is 13.2 Å². The molecule has 0 saturated heterocycles. The van der Waals surface area contributed by atoms with Gasteiger partial charge in [-0.15, -0.1) is 0 Å². The topological polar surface area (TPSA) is 29.3 Å². The molecule has 1 atom stereocenters. The number of anilines is 1. The van der Waals surface area contributed by atoms with Crippen LogP contribution in [0, 0.1) is 0 Å². The van der Waals surface area contributed by atoms with Gasteiger partial charge in [-0.3, -0.25) is 4.90 Å². The fraction of sp³-hybridized carbons (Fsp3) is 0.429. The summed E-state index contributed by atoms with van der Waals surface area (Å²) >= 11 is 0. The van der Waals surface area contributed by atoms with Crippen molar-refractivity contribution >= 4 is 5.69 Å². The van der Waals surface area contributed by atoms with Gasteiger partial charge in [-0.05, 0) is 31.0 Å². The van der Waals surface area contributed by atoms with Crippen LogP contribution in [0.4, 0.5) is 18.9 Å². The predicted octanol–water partition coefficient (Wildman–Crippen LogP) is 3.52. The molecule has 1 aromatic rings. The molecule has 1 heterocycles. The van der Waals surface area contributed by atoms with Gasteiger partial charge in [0, 0.05) is 30.4 Å². The Morgan fingerprint density at radius 2 is 1.84 bits per heavy atom. The average Bonchev–Trinajstić information content (AvgIpc) is 2.38. The zero-order chi connectivity index (χ0) is 14.0. The molecule has 1 aromatic carbocycles. The minimum atomic E-state index is -4.18. The van der Waals surface area contributed by atoms with Gasteiger partial charge in [0.1, 0.15) is 0 Å². The Labute approximate surface area is 110 Å². The number of rotatable bonds is 2. The van der Waals surface area contributed by atoms with E-state index in [0.29, 0.717) is 18.8 Å². The van der Waals surface area contributed by atoms with Crippen LogP contribution in [0.15, 0.2) is 35.9 Å². The molecular formula is C14H17F3N2. The van der Waals surface area contributed by atoms with E-state index in [0.717, 1.165) is 5.56 Å². The molecule has 1 aliphatic heterocycles. The van der Waals surface area contributed by atoms with Crippen LogP contribution < -0.4 is 5.73 Å². The van der Waals surface area contributed by atoms with Crippen LogP contribution in [-0.2, 0) is 0 Å². The van der Waals surface area contributed by atoms with Gasteiger partial charge in [-0.25, -0.2) is 0 Å². The zero-order valence-electron chi connectivity index (χ0n) is 10.7. The van der Waals surface area contributed by atoms with Crippen molar-refractivity contribution < 1.29 is 13.2 Å². The van der Waals surface area contributed by atoms with Crippen LogP contribution in [0.1, 0.15) is 24.9 Å². The number of benzene rings is 1. The zero-order valence-corrected chi connectivity index (χ0v) is 10.7. The maximum atomic E-state index is 12.5. The molecule has 0 aromatic heterocycles. The van der Waals surface area contributed by atoms with E-state index in [-0.39, 0.29) is 12.5 Å². The molecule has 1 unspecified atom stereocenters. The van der Waals surface area contributed by atoms with E-state index in [4.69, 9.17) is 5.73 Å². The highest BCUT2D eigenvalue weighted by Gasteiger charge is 2.35. The van der Waals surface area contributed by atoms with Crippen LogP contribution in [0.5, 0.6) is 0 Å². The minimum absolute atomic E-state index is 0.0583. The first-order valence-electron chi connectivity index (χ1n) is 6.23. The number of nitrogens with two attached hydrogens (primary N) is 1. The summed E-state index contributed by atoms with van der Waals surface area (Å²) in [5.74, 6) is 0. The van der Waals surface area contributed by atoms with Crippen LogP contribution in [-0.4, -0.2) is 24.2 Å². The molecule has 19 heavy (non-hydrogen) atoms. The summed E-state index contributed by atoms with van der Waals surface area (Å²) in [4.78, 5) is 2.03. The van der Waals surface area contributed by atoms with E-state index in [9.17, 15) is 13.2 Å². The first-order valence-corrected chi connectivity index (χ1v) is 6.23. The largest absolute Gasteiger partial charge is 0.412 e. The number of hydrogen-bond donors (Lipinski definition) is 1. The molecule has 104 valence electrons. The summed E-state index contributed by atoms with van der Waals surface area (Å²) in [6.45, 7) is 2.76. The van der Waals surface area contributed by atoms with Crippen molar-refractivity contribution in [1.82, 2.24) is 4.90 Å². The van der Waals surface area contributed by atoms with Crippen molar-refractivity contribution in [3.05, 3.63) is 41.5 Å². The van der Waals surface area contributed by atoms with E-state index in [2.05, 4.69) is 0 Å². The SMILES string of the molecule is CC(c1ccc(N)cc1)N1CC=C(C(F)(F)F)CC1. The first-order chi connectivity index (χ1) is 8.88. The minimum Gasteiger partial charge on any atom is -0.399 e. The highest BCUT2D eigenvalue weighted by Crippen LogP contribution is 2.32. The summed E-state index contributed by atoms with van der Waals surface area (Å²) in [5.41, 5.74) is 6.97.